The van der Waals surface area contributed by atoms with Crippen LogP contribution in [0, 0.1) is 22.7 Å². The van der Waals surface area contributed by atoms with E-state index in [1.54, 1.807) is 25.7 Å². The van der Waals surface area contributed by atoms with E-state index < -0.39 is 0 Å². The first-order valence-corrected chi connectivity index (χ1v) is 6.47. The lowest BCUT2D eigenvalue weighted by Crippen LogP contribution is -2.20. The van der Waals surface area contributed by atoms with Crippen LogP contribution in [0.25, 0.3) is 0 Å². The van der Waals surface area contributed by atoms with Crippen molar-refractivity contribution in [2.45, 2.75) is 64.2 Å². The van der Waals surface area contributed by atoms with Crippen molar-refractivity contribution < 1.29 is 0 Å². The van der Waals surface area contributed by atoms with E-state index in [1.807, 2.05) is 0 Å². The van der Waals surface area contributed by atoms with Gasteiger partial charge in [0.2, 0.25) is 0 Å². The van der Waals surface area contributed by atoms with Crippen LogP contribution in [-0.2, 0) is 0 Å². The first-order valence-electron chi connectivity index (χ1n) is 6.47. The maximum absolute atomic E-state index is 5.62. The molecule has 2 saturated carbocycles. The number of rotatable bonds is 1. The molecule has 0 aliphatic heterocycles. The van der Waals surface area contributed by atoms with Gasteiger partial charge < -0.3 is 6.15 Å². The molecule has 3 nitrogen and oxygen atoms in total. The van der Waals surface area contributed by atoms with Crippen molar-refractivity contribution in [1.29, 1.82) is 10.8 Å². The summed E-state index contributed by atoms with van der Waals surface area (Å²) in [5, 5.41) is 11.2. The minimum atomic E-state index is 0. The van der Waals surface area contributed by atoms with Crippen molar-refractivity contribution in [3.8, 4) is 0 Å². The Kier molecular flexibility index (Phi) is 9.16. The molecule has 0 bridgehead atoms. The van der Waals surface area contributed by atoms with Gasteiger partial charge in [-0.25, -0.2) is 10.8 Å². The van der Waals surface area contributed by atoms with Crippen molar-refractivity contribution >= 4 is 6.01 Å². The van der Waals surface area contributed by atoms with Crippen molar-refractivity contribution in [1.82, 2.24) is 6.15 Å². The molecule has 0 aromatic carbocycles. The molecule has 16 heavy (non-hydrogen) atoms. The monoisotopic (exact) mass is 225 g/mol. The van der Waals surface area contributed by atoms with E-state index in [0.717, 1.165) is 11.8 Å². The molecule has 0 unspecified atom stereocenters. The smallest absolute Gasteiger partial charge is 0.0831 e. The Hall–Kier alpha value is -0.660. The van der Waals surface area contributed by atoms with Crippen molar-refractivity contribution in [3.05, 3.63) is 0 Å². The van der Waals surface area contributed by atoms with Crippen molar-refractivity contribution in [2.75, 3.05) is 0 Å². The first kappa shape index (κ1) is 15.3. The average molecular weight is 225 g/mol. The first-order chi connectivity index (χ1) is 7.38. The summed E-state index contributed by atoms with van der Waals surface area (Å²) in [4.78, 5) is 0. The summed E-state index contributed by atoms with van der Waals surface area (Å²) >= 11 is 0. The Morgan fingerprint density at radius 3 is 1.12 bits per heavy atom. The van der Waals surface area contributed by atoms with Crippen LogP contribution in [0.5, 0.6) is 0 Å². The Bertz CT molecular complexity index is 169. The maximum atomic E-state index is 5.62. The van der Waals surface area contributed by atoms with Gasteiger partial charge in [-0.05, 0) is 11.8 Å². The zero-order chi connectivity index (χ0) is 10.9. The van der Waals surface area contributed by atoms with Crippen LogP contribution in [-0.4, -0.2) is 6.01 Å². The minimum Gasteiger partial charge on any atom is -0.344 e. The highest BCUT2D eigenvalue weighted by Crippen LogP contribution is 2.37. The molecule has 0 atom stereocenters. The molecule has 2 aliphatic rings. The highest BCUT2D eigenvalue weighted by atomic mass is 14.4. The SMILES string of the molecule is C1CCC(C2CCCCC2)CC1.N.N=C=N. The molecule has 0 amide bonds. The van der Waals surface area contributed by atoms with Gasteiger partial charge in [0.15, 0.2) is 0 Å². The lowest BCUT2D eigenvalue weighted by molar-refractivity contribution is 0.196. The van der Waals surface area contributed by atoms with Crippen LogP contribution in [0.15, 0.2) is 0 Å². The summed E-state index contributed by atoms with van der Waals surface area (Å²) in [5.41, 5.74) is 0. The topological polar surface area (TPSA) is 82.7 Å². The van der Waals surface area contributed by atoms with E-state index in [2.05, 4.69) is 0 Å². The van der Waals surface area contributed by atoms with Gasteiger partial charge in [-0.1, -0.05) is 64.2 Å². The highest BCUT2D eigenvalue weighted by molar-refractivity contribution is 5.29. The summed E-state index contributed by atoms with van der Waals surface area (Å²) in [7, 11) is 0. The average Bonchev–Trinajstić information content (AvgIpc) is 2.32. The second-order valence-electron chi connectivity index (χ2n) is 4.92. The van der Waals surface area contributed by atoms with E-state index in [9.17, 15) is 0 Å². The number of hydrogen-bond donors (Lipinski definition) is 3. The standard InChI is InChI=1S/C12H22.CH2N2.H3N/c1-3-7-11(8-4-1)12-9-5-2-6-10-12;2-1-3;/h11-12H,1-10H2;2-3H;1H3. The molecular weight excluding hydrogens is 198 g/mol. The van der Waals surface area contributed by atoms with Gasteiger partial charge in [0.25, 0.3) is 0 Å². The molecular formula is C13H27N3. The Labute approximate surface area is 99.6 Å². The van der Waals surface area contributed by atoms with Gasteiger partial charge in [-0.2, -0.15) is 0 Å². The second-order valence-corrected chi connectivity index (χ2v) is 4.92. The van der Waals surface area contributed by atoms with Gasteiger partial charge in [-0.15, -0.1) is 0 Å². The van der Waals surface area contributed by atoms with Crippen LogP contribution in [0.3, 0.4) is 0 Å². The van der Waals surface area contributed by atoms with Crippen LogP contribution in [0.4, 0.5) is 0 Å². The van der Waals surface area contributed by atoms with E-state index in [1.165, 1.54) is 44.5 Å². The molecule has 0 radical (unpaired) electrons. The van der Waals surface area contributed by atoms with E-state index >= 15 is 0 Å². The fraction of sp³-hybridized carbons (Fsp3) is 0.923. The molecule has 0 aromatic heterocycles. The molecule has 5 N–H and O–H groups in total. The quantitative estimate of drug-likeness (QED) is 0.559. The summed E-state index contributed by atoms with van der Waals surface area (Å²) in [6.07, 6.45) is 15.4. The molecule has 0 heterocycles. The summed E-state index contributed by atoms with van der Waals surface area (Å²) in [6, 6.07) is 1.25. The van der Waals surface area contributed by atoms with Gasteiger partial charge in [0.1, 0.15) is 0 Å². The number of nitrogens with one attached hydrogen (secondary N) is 2. The number of hydrogen-bond acceptors (Lipinski definition) is 3. The zero-order valence-corrected chi connectivity index (χ0v) is 10.4. The van der Waals surface area contributed by atoms with Gasteiger partial charge in [0, 0.05) is 0 Å². The third-order valence-corrected chi connectivity index (χ3v) is 3.97. The van der Waals surface area contributed by atoms with Crippen LogP contribution >= 0.6 is 0 Å². The molecule has 2 fully saturated rings. The summed E-state index contributed by atoms with van der Waals surface area (Å²) in [6.45, 7) is 0. The summed E-state index contributed by atoms with van der Waals surface area (Å²) in [5.74, 6) is 2.28. The fourth-order valence-electron chi connectivity index (χ4n) is 3.21. The predicted octanol–water partition coefficient (Wildman–Crippen LogP) is 4.63. The predicted molar refractivity (Wildman–Crippen MR) is 68.6 cm³/mol. The molecule has 0 spiro atoms. The lowest BCUT2D eigenvalue weighted by Gasteiger charge is -2.32. The lowest BCUT2D eigenvalue weighted by atomic mass is 9.73. The Balaban J connectivity index is 0.000000511. The molecule has 3 heteroatoms. The van der Waals surface area contributed by atoms with E-state index in [-0.39, 0.29) is 6.15 Å². The molecule has 0 saturated heterocycles. The third kappa shape index (κ3) is 5.43. The van der Waals surface area contributed by atoms with Crippen molar-refractivity contribution in [3.63, 3.8) is 0 Å². The maximum Gasteiger partial charge on any atom is 0.0831 e. The Morgan fingerprint density at radius 2 is 0.875 bits per heavy atom. The normalized spacial score (nSPS) is 22.2. The van der Waals surface area contributed by atoms with Crippen LogP contribution in [0.1, 0.15) is 64.2 Å². The molecule has 94 valence electrons. The minimum absolute atomic E-state index is 0. The second kappa shape index (κ2) is 9.56. The van der Waals surface area contributed by atoms with Crippen LogP contribution < -0.4 is 6.15 Å². The van der Waals surface area contributed by atoms with E-state index in [0.29, 0.717) is 0 Å². The Morgan fingerprint density at radius 1 is 0.625 bits per heavy atom. The fourth-order valence-corrected chi connectivity index (χ4v) is 3.21. The summed E-state index contributed by atoms with van der Waals surface area (Å²) < 4.78 is 0. The third-order valence-electron chi connectivity index (χ3n) is 3.97. The van der Waals surface area contributed by atoms with Crippen LogP contribution in [0.2, 0.25) is 0 Å². The molecule has 2 aliphatic carbocycles. The van der Waals surface area contributed by atoms with Gasteiger partial charge in [0.05, 0.1) is 6.01 Å². The zero-order valence-electron chi connectivity index (χ0n) is 10.4. The molecule has 2 rings (SSSR count). The highest BCUT2D eigenvalue weighted by Gasteiger charge is 2.24. The van der Waals surface area contributed by atoms with Gasteiger partial charge >= 0.3 is 0 Å². The molecule has 0 aromatic rings. The van der Waals surface area contributed by atoms with Gasteiger partial charge in [-0.3, -0.25) is 0 Å². The largest absolute Gasteiger partial charge is 0.344 e. The van der Waals surface area contributed by atoms with E-state index in [4.69, 9.17) is 10.8 Å². The van der Waals surface area contributed by atoms with Crippen molar-refractivity contribution in [2.24, 2.45) is 11.8 Å².